The van der Waals surface area contributed by atoms with Gasteiger partial charge in [-0.15, -0.1) is 0 Å². The van der Waals surface area contributed by atoms with Gasteiger partial charge in [-0.25, -0.2) is 4.98 Å². The van der Waals surface area contributed by atoms with E-state index < -0.39 is 0 Å². The third-order valence-electron chi connectivity index (χ3n) is 5.65. The van der Waals surface area contributed by atoms with Gasteiger partial charge < -0.3 is 4.42 Å². The predicted molar refractivity (Wildman–Crippen MR) is 121 cm³/mol. The van der Waals surface area contributed by atoms with Crippen LogP contribution in [-0.2, 0) is 6.42 Å². The molecule has 3 aromatic heterocycles. The van der Waals surface area contributed by atoms with Crippen molar-refractivity contribution >= 4 is 22.1 Å². The smallest absolute Gasteiger partial charge is 0.227 e. The topological polar surface area (TPSA) is 38.9 Å². The molecule has 3 heterocycles. The molecule has 4 rings (SSSR count). The molecule has 0 fully saturated rings. The fourth-order valence-electron chi connectivity index (χ4n) is 4.17. The first-order valence-corrected chi connectivity index (χ1v) is 10.7. The highest BCUT2D eigenvalue weighted by Gasteiger charge is 2.17. The van der Waals surface area contributed by atoms with Crippen LogP contribution in [0.1, 0.15) is 64.6 Å². The Labute approximate surface area is 173 Å². The van der Waals surface area contributed by atoms with Crippen LogP contribution in [0.4, 0.5) is 0 Å². The van der Waals surface area contributed by atoms with Crippen LogP contribution in [0.3, 0.4) is 0 Å². The normalized spacial score (nSPS) is 12.3. The van der Waals surface area contributed by atoms with Gasteiger partial charge in [0.25, 0.3) is 0 Å². The number of aromatic nitrogens is 2. The first-order valence-electron chi connectivity index (χ1n) is 10.7. The molecule has 0 bridgehead atoms. The maximum Gasteiger partial charge on any atom is 0.227 e. The van der Waals surface area contributed by atoms with E-state index in [-0.39, 0.29) is 5.41 Å². The lowest BCUT2D eigenvalue weighted by Crippen LogP contribution is -2.10. The maximum absolute atomic E-state index is 6.30. The lowest BCUT2D eigenvalue weighted by molar-refractivity contribution is 0.406. The summed E-state index contributed by atoms with van der Waals surface area (Å²) in [6, 6.07) is 14.9. The largest absolute Gasteiger partial charge is 0.437 e. The van der Waals surface area contributed by atoms with Crippen LogP contribution < -0.4 is 0 Å². The average molecular weight is 387 g/mol. The fourth-order valence-corrected chi connectivity index (χ4v) is 4.17. The van der Waals surface area contributed by atoms with Crippen LogP contribution in [0.15, 0.2) is 53.1 Å². The van der Waals surface area contributed by atoms with E-state index in [2.05, 4.69) is 82.1 Å². The third-order valence-corrected chi connectivity index (χ3v) is 5.65. The minimum absolute atomic E-state index is 0.192. The molecule has 3 heteroatoms. The summed E-state index contributed by atoms with van der Waals surface area (Å²) in [5, 5.41) is 2.16. The monoisotopic (exact) mass is 386 g/mol. The predicted octanol–water partition coefficient (Wildman–Crippen LogP) is 7.54. The number of hydrogen-bond donors (Lipinski definition) is 0. The van der Waals surface area contributed by atoms with Crippen LogP contribution in [-0.4, -0.2) is 9.97 Å². The lowest BCUT2D eigenvalue weighted by atomic mass is 9.90. The average Bonchev–Trinajstić information content (AvgIpc) is 3.05. The van der Waals surface area contributed by atoms with Crippen LogP contribution >= 0.6 is 0 Å². The molecule has 29 heavy (non-hydrogen) atoms. The van der Waals surface area contributed by atoms with Crippen molar-refractivity contribution in [1.29, 1.82) is 0 Å². The molecule has 0 spiro atoms. The lowest BCUT2D eigenvalue weighted by Gasteiger charge is -2.16. The highest BCUT2D eigenvalue weighted by atomic mass is 16.3. The molecule has 3 nitrogen and oxygen atoms in total. The molecular formula is C26H30N2O. The molecule has 0 saturated heterocycles. The van der Waals surface area contributed by atoms with Crippen molar-refractivity contribution in [3.05, 3.63) is 59.9 Å². The first kappa shape index (κ1) is 19.6. The van der Waals surface area contributed by atoms with Crippen LogP contribution in [0.25, 0.3) is 33.3 Å². The summed E-state index contributed by atoms with van der Waals surface area (Å²) < 4.78 is 6.30. The van der Waals surface area contributed by atoms with E-state index >= 15 is 0 Å². The van der Waals surface area contributed by atoms with Crippen molar-refractivity contribution in [2.45, 2.75) is 59.8 Å². The van der Waals surface area contributed by atoms with Gasteiger partial charge in [-0.3, -0.25) is 4.98 Å². The van der Waals surface area contributed by atoms with Gasteiger partial charge in [0.2, 0.25) is 5.71 Å². The van der Waals surface area contributed by atoms with Crippen LogP contribution in [0, 0.1) is 5.41 Å². The molecule has 4 aromatic rings. The fraction of sp³-hybridized carbons (Fsp3) is 0.385. The summed E-state index contributed by atoms with van der Waals surface area (Å²) in [5.41, 5.74) is 6.19. The van der Waals surface area contributed by atoms with Crippen molar-refractivity contribution in [1.82, 2.24) is 9.97 Å². The van der Waals surface area contributed by atoms with Crippen molar-refractivity contribution in [2.75, 3.05) is 0 Å². The molecule has 0 saturated carbocycles. The number of hydrogen-bond acceptors (Lipinski definition) is 3. The summed E-state index contributed by atoms with van der Waals surface area (Å²) >= 11 is 0. The number of rotatable bonds is 5. The van der Waals surface area contributed by atoms with E-state index in [0.717, 1.165) is 52.6 Å². The molecule has 150 valence electrons. The number of fused-ring (bicyclic) bond motifs is 3. The second-order valence-corrected chi connectivity index (χ2v) is 9.16. The van der Waals surface area contributed by atoms with Gasteiger partial charge in [-0.2, -0.15) is 0 Å². The van der Waals surface area contributed by atoms with Crippen LogP contribution in [0.5, 0.6) is 0 Å². The van der Waals surface area contributed by atoms with E-state index in [0.29, 0.717) is 11.6 Å². The number of nitrogens with zero attached hydrogens (tertiary/aromatic N) is 2. The summed E-state index contributed by atoms with van der Waals surface area (Å²) in [6.07, 6.45) is 5.11. The van der Waals surface area contributed by atoms with E-state index in [1.807, 2.05) is 6.20 Å². The molecule has 0 aliphatic carbocycles. The molecule has 0 amide bonds. The Morgan fingerprint density at radius 2 is 1.76 bits per heavy atom. The van der Waals surface area contributed by atoms with Crippen molar-refractivity contribution in [2.24, 2.45) is 5.41 Å². The number of benzene rings is 1. The Kier molecular flexibility index (Phi) is 5.16. The van der Waals surface area contributed by atoms with Crippen molar-refractivity contribution < 1.29 is 4.42 Å². The highest BCUT2D eigenvalue weighted by Crippen LogP contribution is 2.36. The Morgan fingerprint density at radius 1 is 0.966 bits per heavy atom. The molecule has 0 aliphatic rings. The zero-order chi connectivity index (χ0) is 20.6. The van der Waals surface area contributed by atoms with Crippen molar-refractivity contribution in [3.8, 4) is 11.3 Å². The quantitative estimate of drug-likeness (QED) is 0.356. The second kappa shape index (κ2) is 7.62. The molecule has 0 radical (unpaired) electrons. The standard InChI is InChI=1S/C26H30N2O/c1-6-17(7-2)18-13-14-27-23(15-18)22-10-8-9-20-21-12-11-19(16-26(3,4)5)28-25(21)29-24(20)22/h8-15,17H,6-7,16H2,1-5H3. The zero-order valence-corrected chi connectivity index (χ0v) is 18.1. The molecular weight excluding hydrogens is 356 g/mol. The van der Waals surface area contributed by atoms with Gasteiger partial charge in [0.05, 0.1) is 5.69 Å². The van der Waals surface area contributed by atoms with E-state index in [4.69, 9.17) is 9.40 Å². The van der Waals surface area contributed by atoms with Gasteiger partial charge in [-0.05, 0) is 66.5 Å². The summed E-state index contributed by atoms with van der Waals surface area (Å²) in [7, 11) is 0. The first-order chi connectivity index (χ1) is 13.9. The Hall–Kier alpha value is -2.68. The van der Waals surface area contributed by atoms with Gasteiger partial charge in [0, 0.05) is 28.2 Å². The van der Waals surface area contributed by atoms with E-state index in [9.17, 15) is 0 Å². The van der Waals surface area contributed by atoms with Gasteiger partial charge in [0.1, 0.15) is 5.58 Å². The molecule has 0 atom stereocenters. The Morgan fingerprint density at radius 3 is 2.48 bits per heavy atom. The van der Waals surface area contributed by atoms with E-state index in [1.165, 1.54) is 5.56 Å². The Bertz CT molecular complexity index is 1150. The number of para-hydroxylation sites is 1. The maximum atomic E-state index is 6.30. The molecule has 0 unspecified atom stereocenters. The number of pyridine rings is 2. The van der Waals surface area contributed by atoms with Gasteiger partial charge in [-0.1, -0.05) is 46.8 Å². The molecule has 0 aliphatic heterocycles. The minimum atomic E-state index is 0.192. The SMILES string of the molecule is CCC(CC)c1ccnc(-c2cccc3c2oc2nc(CC(C)(C)C)ccc23)c1. The Balaban J connectivity index is 1.84. The number of furan rings is 1. The third kappa shape index (κ3) is 3.91. The summed E-state index contributed by atoms with van der Waals surface area (Å²) in [5.74, 6) is 0.563. The summed E-state index contributed by atoms with van der Waals surface area (Å²) in [4.78, 5) is 9.48. The van der Waals surface area contributed by atoms with E-state index in [1.54, 1.807) is 0 Å². The van der Waals surface area contributed by atoms with Crippen molar-refractivity contribution in [3.63, 3.8) is 0 Å². The summed E-state index contributed by atoms with van der Waals surface area (Å²) in [6.45, 7) is 11.2. The minimum Gasteiger partial charge on any atom is -0.437 e. The molecule has 1 aromatic carbocycles. The van der Waals surface area contributed by atoms with Gasteiger partial charge in [0.15, 0.2) is 0 Å². The zero-order valence-electron chi connectivity index (χ0n) is 18.1. The van der Waals surface area contributed by atoms with Gasteiger partial charge >= 0.3 is 0 Å². The highest BCUT2D eigenvalue weighted by molar-refractivity contribution is 6.08. The van der Waals surface area contributed by atoms with Crippen LogP contribution in [0.2, 0.25) is 0 Å². The molecule has 0 N–H and O–H groups in total. The second-order valence-electron chi connectivity index (χ2n) is 9.16.